The van der Waals surface area contributed by atoms with Gasteiger partial charge in [-0.3, -0.25) is 15.2 Å². The van der Waals surface area contributed by atoms with E-state index in [-0.39, 0.29) is 11.9 Å². The smallest absolute Gasteiger partial charge is 0.255 e. The molecule has 1 fully saturated rings. The molecule has 3 rings (SSSR count). The van der Waals surface area contributed by atoms with Crippen LogP contribution in [-0.4, -0.2) is 33.8 Å². The zero-order chi connectivity index (χ0) is 14.8. The molecule has 6 nitrogen and oxygen atoms in total. The molecule has 1 aromatic heterocycles. The lowest BCUT2D eigenvalue weighted by atomic mass is 10.2. The normalized spacial score (nSPS) is 17.9. The summed E-state index contributed by atoms with van der Waals surface area (Å²) in [5, 5.41) is 10.3. The van der Waals surface area contributed by atoms with Gasteiger partial charge in [-0.25, -0.2) is 0 Å². The van der Waals surface area contributed by atoms with Gasteiger partial charge in [-0.1, -0.05) is 23.2 Å². The van der Waals surface area contributed by atoms with E-state index in [1.54, 1.807) is 18.2 Å². The SMILES string of the molecule is O=C(Nc1n[nH]c(-c2ccc(Cl)cc2Cl)n1)C1CCCO1. The summed E-state index contributed by atoms with van der Waals surface area (Å²) in [5.41, 5.74) is 0.659. The highest BCUT2D eigenvalue weighted by Gasteiger charge is 2.24. The monoisotopic (exact) mass is 326 g/mol. The molecule has 1 saturated heterocycles. The quantitative estimate of drug-likeness (QED) is 0.908. The number of aromatic amines is 1. The number of hydrogen-bond donors (Lipinski definition) is 2. The van der Waals surface area contributed by atoms with Crippen molar-refractivity contribution in [2.24, 2.45) is 0 Å². The van der Waals surface area contributed by atoms with Gasteiger partial charge in [-0.05, 0) is 31.0 Å². The van der Waals surface area contributed by atoms with E-state index >= 15 is 0 Å². The summed E-state index contributed by atoms with van der Waals surface area (Å²) in [7, 11) is 0. The zero-order valence-corrected chi connectivity index (χ0v) is 12.4. The largest absolute Gasteiger partial charge is 0.368 e. The lowest BCUT2D eigenvalue weighted by molar-refractivity contribution is -0.124. The van der Waals surface area contributed by atoms with Gasteiger partial charge in [-0.15, -0.1) is 5.10 Å². The van der Waals surface area contributed by atoms with Crippen molar-refractivity contribution in [2.75, 3.05) is 11.9 Å². The number of carbonyl (C=O) groups is 1. The highest BCUT2D eigenvalue weighted by molar-refractivity contribution is 6.36. The third kappa shape index (κ3) is 3.18. The molecule has 2 heterocycles. The van der Waals surface area contributed by atoms with Crippen LogP contribution in [0.15, 0.2) is 18.2 Å². The third-order valence-corrected chi connectivity index (χ3v) is 3.68. The Hall–Kier alpha value is -1.63. The first-order chi connectivity index (χ1) is 10.1. The summed E-state index contributed by atoms with van der Waals surface area (Å²) in [4.78, 5) is 16.1. The second-order valence-electron chi connectivity index (χ2n) is 4.62. The van der Waals surface area contributed by atoms with E-state index in [1.807, 2.05) is 0 Å². The number of benzene rings is 1. The minimum Gasteiger partial charge on any atom is -0.368 e. The molecule has 0 spiro atoms. The molecule has 1 aliphatic heterocycles. The van der Waals surface area contributed by atoms with Gasteiger partial charge in [0, 0.05) is 17.2 Å². The number of rotatable bonds is 3. The molecule has 1 aliphatic rings. The first-order valence-electron chi connectivity index (χ1n) is 6.44. The number of aromatic nitrogens is 3. The van der Waals surface area contributed by atoms with Crippen LogP contribution in [0.5, 0.6) is 0 Å². The van der Waals surface area contributed by atoms with Crippen LogP contribution >= 0.6 is 23.2 Å². The number of H-pyrrole nitrogens is 1. The van der Waals surface area contributed by atoms with Gasteiger partial charge in [0.1, 0.15) is 6.10 Å². The van der Waals surface area contributed by atoms with E-state index in [9.17, 15) is 4.79 Å². The molecule has 1 atom stereocenters. The van der Waals surface area contributed by atoms with Crippen molar-refractivity contribution in [1.29, 1.82) is 0 Å². The van der Waals surface area contributed by atoms with E-state index in [4.69, 9.17) is 27.9 Å². The number of halogens is 2. The first-order valence-corrected chi connectivity index (χ1v) is 7.19. The molecule has 0 bridgehead atoms. The molecule has 0 saturated carbocycles. The van der Waals surface area contributed by atoms with Gasteiger partial charge in [-0.2, -0.15) is 4.98 Å². The summed E-state index contributed by atoms with van der Waals surface area (Å²) in [6.45, 7) is 0.609. The molecule has 0 radical (unpaired) electrons. The van der Waals surface area contributed by atoms with Crippen LogP contribution in [0, 0.1) is 0 Å². The second kappa shape index (κ2) is 6.01. The first kappa shape index (κ1) is 14.3. The van der Waals surface area contributed by atoms with Gasteiger partial charge in [0.15, 0.2) is 5.82 Å². The molecule has 1 amide bonds. The number of anilines is 1. The molecule has 2 N–H and O–H groups in total. The number of ether oxygens (including phenoxy) is 1. The average molecular weight is 327 g/mol. The number of nitrogens with one attached hydrogen (secondary N) is 2. The highest BCUT2D eigenvalue weighted by Crippen LogP contribution is 2.28. The molecule has 2 aromatic rings. The summed E-state index contributed by atoms with van der Waals surface area (Å²) < 4.78 is 5.30. The van der Waals surface area contributed by atoms with Crippen LogP contribution in [0.25, 0.3) is 11.4 Å². The molecular formula is C13H12Cl2N4O2. The predicted octanol–water partition coefficient (Wildman–Crippen LogP) is 2.90. The minimum atomic E-state index is -0.425. The Morgan fingerprint density at radius 1 is 1.43 bits per heavy atom. The number of carbonyl (C=O) groups excluding carboxylic acids is 1. The molecule has 1 aromatic carbocycles. The van der Waals surface area contributed by atoms with E-state index in [2.05, 4.69) is 20.5 Å². The van der Waals surface area contributed by atoms with Crippen LogP contribution in [0.1, 0.15) is 12.8 Å². The van der Waals surface area contributed by atoms with Gasteiger partial charge < -0.3 is 4.74 Å². The molecule has 8 heteroatoms. The Kier molecular flexibility index (Phi) is 4.10. The third-order valence-electron chi connectivity index (χ3n) is 3.13. The Balaban J connectivity index is 1.75. The maximum Gasteiger partial charge on any atom is 0.255 e. The fourth-order valence-corrected chi connectivity index (χ4v) is 2.59. The van der Waals surface area contributed by atoms with Crippen LogP contribution < -0.4 is 5.32 Å². The Morgan fingerprint density at radius 3 is 3.00 bits per heavy atom. The van der Waals surface area contributed by atoms with E-state index in [1.165, 1.54) is 0 Å². The van der Waals surface area contributed by atoms with E-state index in [0.717, 1.165) is 6.42 Å². The van der Waals surface area contributed by atoms with Crippen LogP contribution in [-0.2, 0) is 9.53 Å². The maximum atomic E-state index is 11.9. The second-order valence-corrected chi connectivity index (χ2v) is 5.47. The molecule has 110 valence electrons. The van der Waals surface area contributed by atoms with Crippen molar-refractivity contribution in [3.8, 4) is 11.4 Å². The number of hydrogen-bond acceptors (Lipinski definition) is 4. The minimum absolute atomic E-state index is 0.191. The van der Waals surface area contributed by atoms with Crippen LogP contribution in [0.3, 0.4) is 0 Å². The van der Waals surface area contributed by atoms with E-state index < -0.39 is 6.10 Å². The van der Waals surface area contributed by atoms with Gasteiger partial charge in [0.25, 0.3) is 5.91 Å². The molecule has 0 aliphatic carbocycles. The van der Waals surface area contributed by atoms with Crippen molar-refractivity contribution < 1.29 is 9.53 Å². The Labute approximate surface area is 130 Å². The van der Waals surface area contributed by atoms with E-state index in [0.29, 0.717) is 34.5 Å². The van der Waals surface area contributed by atoms with Crippen molar-refractivity contribution >= 4 is 35.1 Å². The molecule has 21 heavy (non-hydrogen) atoms. The summed E-state index contributed by atoms with van der Waals surface area (Å²) in [6, 6.07) is 5.05. The standard InChI is InChI=1S/C13H12Cl2N4O2/c14-7-3-4-8(9(15)6-7)11-16-13(19-18-11)17-12(20)10-2-1-5-21-10/h3-4,6,10H,1-2,5H2,(H2,16,17,18,19,20). The lowest BCUT2D eigenvalue weighted by Gasteiger charge is -2.06. The number of nitrogens with zero attached hydrogens (tertiary/aromatic N) is 2. The van der Waals surface area contributed by atoms with Gasteiger partial charge in [0.2, 0.25) is 5.95 Å². The van der Waals surface area contributed by atoms with Crippen molar-refractivity contribution in [3.63, 3.8) is 0 Å². The molecular weight excluding hydrogens is 315 g/mol. The fourth-order valence-electron chi connectivity index (χ4n) is 2.09. The van der Waals surface area contributed by atoms with Crippen molar-refractivity contribution in [3.05, 3.63) is 28.2 Å². The van der Waals surface area contributed by atoms with Gasteiger partial charge in [0.05, 0.1) is 5.02 Å². The predicted molar refractivity (Wildman–Crippen MR) is 79.4 cm³/mol. The summed E-state index contributed by atoms with van der Waals surface area (Å²) in [6.07, 6.45) is 1.18. The fraction of sp³-hybridized carbons (Fsp3) is 0.308. The highest BCUT2D eigenvalue weighted by atomic mass is 35.5. The van der Waals surface area contributed by atoms with Gasteiger partial charge >= 0.3 is 0 Å². The average Bonchev–Trinajstić information content (AvgIpc) is 3.09. The zero-order valence-electron chi connectivity index (χ0n) is 10.9. The van der Waals surface area contributed by atoms with Crippen LogP contribution in [0.4, 0.5) is 5.95 Å². The Bertz CT molecular complexity index is 668. The Morgan fingerprint density at radius 2 is 2.29 bits per heavy atom. The van der Waals surface area contributed by atoms with Crippen LogP contribution in [0.2, 0.25) is 10.0 Å². The van der Waals surface area contributed by atoms with Crippen molar-refractivity contribution in [2.45, 2.75) is 18.9 Å². The maximum absolute atomic E-state index is 11.9. The molecule has 1 unspecified atom stereocenters. The summed E-state index contributed by atoms with van der Waals surface area (Å²) >= 11 is 12.0. The topological polar surface area (TPSA) is 79.9 Å². The number of amides is 1. The van der Waals surface area contributed by atoms with Crippen molar-refractivity contribution in [1.82, 2.24) is 15.2 Å². The lowest BCUT2D eigenvalue weighted by Crippen LogP contribution is -2.27. The summed E-state index contributed by atoms with van der Waals surface area (Å²) in [5.74, 6) is 0.413.